The molecule has 4 heteroatoms. The van der Waals surface area contributed by atoms with Gasteiger partial charge in [0, 0.05) is 24.5 Å². The molecule has 1 aromatic rings. The van der Waals surface area contributed by atoms with E-state index in [1.807, 2.05) is 13.8 Å². The van der Waals surface area contributed by atoms with Gasteiger partial charge in [-0.3, -0.25) is 0 Å². The zero-order chi connectivity index (χ0) is 11.3. The highest BCUT2D eigenvalue weighted by Crippen LogP contribution is 2.14. The van der Waals surface area contributed by atoms with E-state index in [9.17, 15) is 5.11 Å². The number of nitrogens with two attached hydrogens (primary N) is 1. The fourth-order valence-corrected chi connectivity index (χ4v) is 1.45. The van der Waals surface area contributed by atoms with Gasteiger partial charge in [-0.15, -0.1) is 0 Å². The number of aromatic nitrogens is 1. The summed E-state index contributed by atoms with van der Waals surface area (Å²) in [5, 5.41) is 13.0. The Morgan fingerprint density at radius 1 is 1.60 bits per heavy atom. The Hall–Kier alpha value is -1.29. The number of nitrogens with zero attached hydrogens (tertiary/aromatic N) is 1. The second-order valence-corrected chi connectivity index (χ2v) is 4.07. The van der Waals surface area contributed by atoms with E-state index in [2.05, 4.69) is 10.3 Å². The molecule has 0 fully saturated rings. The average Bonchev–Trinajstić information content (AvgIpc) is 2.15. The van der Waals surface area contributed by atoms with Crippen molar-refractivity contribution in [2.45, 2.75) is 32.3 Å². The second-order valence-electron chi connectivity index (χ2n) is 4.07. The third-order valence-corrected chi connectivity index (χ3v) is 2.22. The summed E-state index contributed by atoms with van der Waals surface area (Å²) < 4.78 is 0. The van der Waals surface area contributed by atoms with Crippen molar-refractivity contribution in [2.75, 3.05) is 17.6 Å². The number of hydrogen-bond donors (Lipinski definition) is 3. The number of nitrogen functional groups attached to an aromatic ring is 1. The number of aliphatic hydroxyl groups is 1. The predicted molar refractivity (Wildman–Crippen MR) is 62.7 cm³/mol. The Bertz CT molecular complexity index is 312. The third-order valence-electron chi connectivity index (χ3n) is 2.22. The molecule has 1 rings (SSSR count). The number of hydrogen-bond acceptors (Lipinski definition) is 4. The monoisotopic (exact) mass is 209 g/mol. The molecular formula is C11H19N3O. The summed E-state index contributed by atoms with van der Waals surface area (Å²) in [5.41, 5.74) is 5.59. The lowest BCUT2D eigenvalue weighted by atomic mass is 10.0. The smallest absolute Gasteiger partial charge is 0.128 e. The van der Waals surface area contributed by atoms with Crippen LogP contribution >= 0.6 is 0 Å². The minimum Gasteiger partial charge on any atom is -0.399 e. The number of pyridine rings is 1. The van der Waals surface area contributed by atoms with E-state index in [4.69, 9.17) is 5.73 Å². The van der Waals surface area contributed by atoms with Crippen molar-refractivity contribution in [3.63, 3.8) is 0 Å². The standard InChI is InChI=1S/C11H19N3O/c1-3-5-11(2,15)8-14-10-7-9(12)4-6-13-10/h4,6-7,15H,3,5,8H2,1-2H3,(H3,12,13,14). The molecule has 4 nitrogen and oxygen atoms in total. The van der Waals surface area contributed by atoms with Crippen LogP contribution in [0, 0.1) is 0 Å². The van der Waals surface area contributed by atoms with Gasteiger partial charge in [-0.1, -0.05) is 13.3 Å². The minimum absolute atomic E-state index is 0.483. The second kappa shape index (κ2) is 4.98. The summed E-state index contributed by atoms with van der Waals surface area (Å²) >= 11 is 0. The van der Waals surface area contributed by atoms with Crippen LogP contribution in [0.3, 0.4) is 0 Å². The Labute approximate surface area is 90.5 Å². The van der Waals surface area contributed by atoms with Crippen LogP contribution in [0.5, 0.6) is 0 Å². The Morgan fingerprint density at radius 3 is 2.93 bits per heavy atom. The van der Waals surface area contributed by atoms with E-state index >= 15 is 0 Å². The quantitative estimate of drug-likeness (QED) is 0.689. The van der Waals surface area contributed by atoms with Gasteiger partial charge in [-0.05, 0) is 19.4 Å². The van der Waals surface area contributed by atoms with Crippen molar-refractivity contribution >= 4 is 11.5 Å². The first-order valence-corrected chi connectivity index (χ1v) is 5.21. The normalized spacial score (nSPS) is 14.6. The maximum atomic E-state index is 9.92. The first-order valence-electron chi connectivity index (χ1n) is 5.21. The van der Waals surface area contributed by atoms with Crippen LogP contribution in [-0.2, 0) is 0 Å². The molecule has 15 heavy (non-hydrogen) atoms. The van der Waals surface area contributed by atoms with Crippen LogP contribution in [0.4, 0.5) is 11.5 Å². The van der Waals surface area contributed by atoms with Gasteiger partial charge in [0.25, 0.3) is 0 Å². The molecule has 4 N–H and O–H groups in total. The fraction of sp³-hybridized carbons (Fsp3) is 0.545. The predicted octanol–water partition coefficient (Wildman–Crippen LogP) is 1.63. The van der Waals surface area contributed by atoms with Crippen molar-refractivity contribution in [2.24, 2.45) is 0 Å². The Kier molecular flexibility index (Phi) is 3.91. The van der Waals surface area contributed by atoms with Crippen LogP contribution in [-0.4, -0.2) is 22.2 Å². The summed E-state index contributed by atoms with van der Waals surface area (Å²) in [6, 6.07) is 3.48. The number of rotatable bonds is 5. The summed E-state index contributed by atoms with van der Waals surface area (Å²) in [6.07, 6.45) is 3.37. The Balaban J connectivity index is 2.49. The lowest BCUT2D eigenvalue weighted by molar-refractivity contribution is 0.0636. The lowest BCUT2D eigenvalue weighted by Crippen LogP contribution is -2.33. The van der Waals surface area contributed by atoms with Crippen LogP contribution in [0.25, 0.3) is 0 Å². The van der Waals surface area contributed by atoms with Gasteiger partial charge >= 0.3 is 0 Å². The molecule has 0 bridgehead atoms. The summed E-state index contributed by atoms with van der Waals surface area (Å²) in [4.78, 5) is 4.10. The number of anilines is 2. The van der Waals surface area contributed by atoms with Crippen molar-refractivity contribution in [1.29, 1.82) is 0 Å². The molecule has 0 aliphatic rings. The molecule has 1 unspecified atom stereocenters. The molecular weight excluding hydrogens is 190 g/mol. The molecule has 0 spiro atoms. The molecule has 0 aliphatic heterocycles. The minimum atomic E-state index is -0.693. The van der Waals surface area contributed by atoms with Crippen molar-refractivity contribution in [3.8, 4) is 0 Å². The van der Waals surface area contributed by atoms with Crippen molar-refractivity contribution in [3.05, 3.63) is 18.3 Å². The maximum absolute atomic E-state index is 9.92. The van der Waals surface area contributed by atoms with E-state index in [1.54, 1.807) is 18.3 Å². The van der Waals surface area contributed by atoms with Crippen molar-refractivity contribution in [1.82, 2.24) is 4.98 Å². The van der Waals surface area contributed by atoms with Crippen LogP contribution in [0.2, 0.25) is 0 Å². The SMILES string of the molecule is CCCC(C)(O)CNc1cc(N)ccn1. The third kappa shape index (κ3) is 4.16. The fourth-order valence-electron chi connectivity index (χ4n) is 1.45. The maximum Gasteiger partial charge on any atom is 0.128 e. The van der Waals surface area contributed by atoms with Gasteiger partial charge in [0.05, 0.1) is 5.60 Å². The van der Waals surface area contributed by atoms with Crippen molar-refractivity contribution < 1.29 is 5.11 Å². The van der Waals surface area contributed by atoms with Gasteiger partial charge in [-0.2, -0.15) is 0 Å². The largest absolute Gasteiger partial charge is 0.399 e. The van der Waals surface area contributed by atoms with Crippen LogP contribution < -0.4 is 11.1 Å². The average molecular weight is 209 g/mol. The first-order chi connectivity index (χ1) is 7.03. The molecule has 0 aromatic carbocycles. The van der Waals surface area contributed by atoms with Gasteiger partial charge < -0.3 is 16.2 Å². The summed E-state index contributed by atoms with van der Waals surface area (Å²) in [5.74, 6) is 0.700. The molecule has 0 aliphatic carbocycles. The van der Waals surface area contributed by atoms with Gasteiger partial charge in [-0.25, -0.2) is 4.98 Å². The highest BCUT2D eigenvalue weighted by atomic mass is 16.3. The molecule has 0 saturated heterocycles. The molecule has 0 amide bonds. The molecule has 0 radical (unpaired) electrons. The van der Waals surface area contributed by atoms with E-state index in [0.29, 0.717) is 18.1 Å². The molecule has 0 saturated carbocycles. The van der Waals surface area contributed by atoms with Crippen LogP contribution in [0.15, 0.2) is 18.3 Å². The highest BCUT2D eigenvalue weighted by Gasteiger charge is 2.18. The van der Waals surface area contributed by atoms with Gasteiger partial charge in [0.1, 0.15) is 5.82 Å². The van der Waals surface area contributed by atoms with E-state index in [0.717, 1.165) is 12.8 Å². The van der Waals surface area contributed by atoms with Gasteiger partial charge in [0.15, 0.2) is 0 Å². The summed E-state index contributed by atoms with van der Waals surface area (Å²) in [7, 11) is 0. The summed E-state index contributed by atoms with van der Waals surface area (Å²) in [6.45, 7) is 4.35. The number of nitrogens with one attached hydrogen (secondary N) is 1. The zero-order valence-corrected chi connectivity index (χ0v) is 9.33. The zero-order valence-electron chi connectivity index (χ0n) is 9.33. The van der Waals surface area contributed by atoms with E-state index in [1.165, 1.54) is 0 Å². The van der Waals surface area contributed by atoms with Gasteiger partial charge in [0.2, 0.25) is 0 Å². The Morgan fingerprint density at radius 2 is 2.33 bits per heavy atom. The lowest BCUT2D eigenvalue weighted by Gasteiger charge is -2.23. The van der Waals surface area contributed by atoms with Crippen LogP contribution in [0.1, 0.15) is 26.7 Å². The molecule has 1 aromatic heterocycles. The first kappa shape index (κ1) is 11.8. The van der Waals surface area contributed by atoms with E-state index < -0.39 is 5.60 Å². The molecule has 84 valence electrons. The molecule has 1 atom stereocenters. The topological polar surface area (TPSA) is 71.2 Å². The molecule has 1 heterocycles. The highest BCUT2D eigenvalue weighted by molar-refractivity contribution is 5.48. The van der Waals surface area contributed by atoms with E-state index in [-0.39, 0.29) is 0 Å².